The van der Waals surface area contributed by atoms with E-state index in [0.717, 1.165) is 0 Å². The highest BCUT2D eigenvalue weighted by Crippen LogP contribution is 2.37. The van der Waals surface area contributed by atoms with Gasteiger partial charge in [-0.15, -0.1) is 0 Å². The average Bonchev–Trinajstić information content (AvgIpc) is 2.90. The molecule has 0 saturated carbocycles. The minimum absolute atomic E-state index is 0.0783. The van der Waals surface area contributed by atoms with Gasteiger partial charge in [0.25, 0.3) is 0 Å². The fraction of sp³-hybridized carbons (Fsp3) is 0.533. The van der Waals surface area contributed by atoms with Crippen molar-refractivity contribution in [2.45, 2.75) is 44.6 Å². The lowest BCUT2D eigenvalue weighted by Crippen LogP contribution is -2.26. The molecule has 2 aliphatic heterocycles. The van der Waals surface area contributed by atoms with Crippen LogP contribution in [0, 0.1) is 0 Å². The van der Waals surface area contributed by atoms with Crippen molar-refractivity contribution in [3.8, 4) is 0 Å². The minimum atomic E-state index is -0.596. The van der Waals surface area contributed by atoms with Crippen LogP contribution < -0.4 is 0 Å². The highest BCUT2D eigenvalue weighted by Gasteiger charge is 2.48. The van der Waals surface area contributed by atoms with E-state index in [1.165, 1.54) is 0 Å². The first-order valence-electron chi connectivity index (χ1n) is 6.77. The zero-order chi connectivity index (χ0) is 14.2. The lowest BCUT2D eigenvalue weighted by atomic mass is 10.2. The number of rotatable bonds is 3. The molecule has 2 saturated heterocycles. The van der Waals surface area contributed by atoms with Crippen molar-refractivity contribution in [1.29, 1.82) is 0 Å². The summed E-state index contributed by atoms with van der Waals surface area (Å²) in [6.45, 7) is 3.94. The zero-order valence-electron chi connectivity index (χ0n) is 11.6. The molecule has 1 aromatic carbocycles. The molecule has 0 aromatic heterocycles. The Balaban J connectivity index is 1.49. The Labute approximate surface area is 117 Å². The summed E-state index contributed by atoms with van der Waals surface area (Å²) in [4.78, 5) is 11.8. The molecule has 0 aliphatic carbocycles. The van der Waals surface area contributed by atoms with E-state index in [2.05, 4.69) is 0 Å². The summed E-state index contributed by atoms with van der Waals surface area (Å²) >= 11 is 0. The van der Waals surface area contributed by atoms with Crippen LogP contribution in [-0.4, -0.2) is 36.9 Å². The van der Waals surface area contributed by atoms with Crippen LogP contribution in [0.4, 0.5) is 0 Å². The topological polar surface area (TPSA) is 54.0 Å². The second-order valence-corrected chi connectivity index (χ2v) is 5.50. The third-order valence-corrected chi connectivity index (χ3v) is 3.37. The lowest BCUT2D eigenvalue weighted by molar-refractivity contribution is -0.207. The lowest BCUT2D eigenvalue weighted by Gasteiger charge is -2.20. The molecule has 0 amide bonds. The van der Waals surface area contributed by atoms with Crippen LogP contribution in [-0.2, 0) is 18.9 Å². The highest BCUT2D eigenvalue weighted by atomic mass is 16.8. The van der Waals surface area contributed by atoms with E-state index in [9.17, 15) is 4.79 Å². The molecule has 5 nitrogen and oxygen atoms in total. The second-order valence-electron chi connectivity index (χ2n) is 5.50. The quantitative estimate of drug-likeness (QED) is 0.793. The molecule has 1 aromatic rings. The molecule has 0 radical (unpaired) electrons. The van der Waals surface area contributed by atoms with E-state index in [4.69, 9.17) is 18.9 Å². The monoisotopic (exact) mass is 278 g/mol. The minimum Gasteiger partial charge on any atom is -0.459 e. The Morgan fingerprint density at radius 1 is 1.30 bits per heavy atom. The van der Waals surface area contributed by atoms with Crippen molar-refractivity contribution in [3.05, 3.63) is 35.9 Å². The molecular formula is C15H18O5. The Hall–Kier alpha value is -1.43. The van der Waals surface area contributed by atoms with E-state index < -0.39 is 5.79 Å². The molecule has 2 aliphatic rings. The van der Waals surface area contributed by atoms with Crippen molar-refractivity contribution < 1.29 is 23.7 Å². The van der Waals surface area contributed by atoms with E-state index in [-0.39, 0.29) is 31.1 Å². The highest BCUT2D eigenvalue weighted by molar-refractivity contribution is 5.89. The Bertz CT molecular complexity index is 468. The molecule has 20 heavy (non-hydrogen) atoms. The van der Waals surface area contributed by atoms with Gasteiger partial charge in [-0.1, -0.05) is 18.2 Å². The molecular weight excluding hydrogens is 260 g/mol. The molecule has 2 fully saturated rings. The number of carbonyl (C=O) groups excluding carboxylic acids is 1. The third kappa shape index (κ3) is 2.85. The van der Waals surface area contributed by atoms with Crippen LogP contribution in [0.1, 0.15) is 30.6 Å². The van der Waals surface area contributed by atoms with Crippen molar-refractivity contribution in [2.75, 3.05) is 6.61 Å². The van der Waals surface area contributed by atoms with Crippen molar-refractivity contribution >= 4 is 5.97 Å². The number of hydrogen-bond acceptors (Lipinski definition) is 5. The summed E-state index contributed by atoms with van der Waals surface area (Å²) in [5.74, 6) is -0.936. The van der Waals surface area contributed by atoms with Crippen LogP contribution in [0.15, 0.2) is 30.3 Å². The SMILES string of the molecule is CC1(C)O[C@H]2O[C@@H](COC(=O)c3ccccc3)C[C@@H]2O1. The summed E-state index contributed by atoms with van der Waals surface area (Å²) in [6.07, 6.45) is 0.0699. The van der Waals surface area contributed by atoms with E-state index in [1.54, 1.807) is 24.3 Å². The van der Waals surface area contributed by atoms with Crippen molar-refractivity contribution in [2.24, 2.45) is 0 Å². The van der Waals surface area contributed by atoms with E-state index >= 15 is 0 Å². The molecule has 0 bridgehead atoms. The molecule has 0 unspecified atom stereocenters. The Morgan fingerprint density at radius 2 is 2.05 bits per heavy atom. The normalized spacial score (nSPS) is 31.0. The number of carbonyl (C=O) groups is 1. The van der Waals surface area contributed by atoms with Gasteiger partial charge in [0, 0.05) is 6.42 Å². The average molecular weight is 278 g/mol. The van der Waals surface area contributed by atoms with Crippen LogP contribution in [0.25, 0.3) is 0 Å². The van der Waals surface area contributed by atoms with Gasteiger partial charge in [-0.3, -0.25) is 0 Å². The Kier molecular flexibility index (Phi) is 3.50. The van der Waals surface area contributed by atoms with Gasteiger partial charge in [-0.25, -0.2) is 4.79 Å². The fourth-order valence-electron chi connectivity index (χ4n) is 2.52. The smallest absolute Gasteiger partial charge is 0.338 e. The number of hydrogen-bond donors (Lipinski definition) is 0. The van der Waals surface area contributed by atoms with Gasteiger partial charge in [0.1, 0.15) is 12.7 Å². The zero-order valence-corrected chi connectivity index (χ0v) is 11.6. The first kappa shape index (κ1) is 13.5. The maximum atomic E-state index is 11.8. The van der Waals surface area contributed by atoms with E-state index in [0.29, 0.717) is 12.0 Å². The number of fused-ring (bicyclic) bond motifs is 1. The first-order chi connectivity index (χ1) is 9.53. The molecule has 2 heterocycles. The standard InChI is InChI=1S/C15H18O5/c1-15(2)19-12-8-11(18-14(12)20-15)9-17-13(16)10-6-4-3-5-7-10/h3-7,11-12,14H,8-9H2,1-2H3/t11-,12+,14-/m1/s1. The van der Waals surface area contributed by atoms with Gasteiger partial charge in [0.2, 0.25) is 0 Å². The summed E-state index contributed by atoms with van der Waals surface area (Å²) in [7, 11) is 0. The van der Waals surface area contributed by atoms with Gasteiger partial charge in [0.15, 0.2) is 12.1 Å². The van der Waals surface area contributed by atoms with Crippen LogP contribution >= 0.6 is 0 Å². The molecule has 5 heteroatoms. The van der Waals surface area contributed by atoms with Gasteiger partial charge >= 0.3 is 5.97 Å². The first-order valence-corrected chi connectivity index (χ1v) is 6.77. The summed E-state index contributed by atoms with van der Waals surface area (Å²) < 4.78 is 22.3. The van der Waals surface area contributed by atoms with Gasteiger partial charge in [-0.2, -0.15) is 0 Å². The fourth-order valence-corrected chi connectivity index (χ4v) is 2.52. The molecule has 3 atom stereocenters. The van der Waals surface area contributed by atoms with Crippen molar-refractivity contribution in [1.82, 2.24) is 0 Å². The van der Waals surface area contributed by atoms with Crippen molar-refractivity contribution in [3.63, 3.8) is 0 Å². The van der Waals surface area contributed by atoms with Gasteiger partial charge < -0.3 is 18.9 Å². The van der Waals surface area contributed by atoms with Crippen LogP contribution in [0.3, 0.4) is 0 Å². The number of ether oxygens (including phenoxy) is 4. The van der Waals surface area contributed by atoms with Crippen LogP contribution in [0.5, 0.6) is 0 Å². The van der Waals surface area contributed by atoms with Gasteiger partial charge in [-0.05, 0) is 26.0 Å². The summed E-state index contributed by atoms with van der Waals surface area (Å²) in [5, 5.41) is 0. The predicted octanol–water partition coefficient (Wildman–Crippen LogP) is 2.11. The number of benzene rings is 1. The summed E-state index contributed by atoms with van der Waals surface area (Å²) in [6, 6.07) is 8.91. The molecule has 0 spiro atoms. The second kappa shape index (κ2) is 5.16. The largest absolute Gasteiger partial charge is 0.459 e. The molecule has 108 valence electrons. The van der Waals surface area contributed by atoms with E-state index in [1.807, 2.05) is 19.9 Å². The summed E-state index contributed by atoms with van der Waals surface area (Å²) in [5.41, 5.74) is 0.541. The van der Waals surface area contributed by atoms with Gasteiger partial charge in [0.05, 0.1) is 11.7 Å². The molecule has 3 rings (SSSR count). The number of esters is 1. The maximum absolute atomic E-state index is 11.8. The maximum Gasteiger partial charge on any atom is 0.338 e. The third-order valence-electron chi connectivity index (χ3n) is 3.37. The van der Waals surface area contributed by atoms with Crippen LogP contribution in [0.2, 0.25) is 0 Å². The Morgan fingerprint density at radius 3 is 2.75 bits per heavy atom. The predicted molar refractivity (Wildman–Crippen MR) is 70.0 cm³/mol. The molecule has 0 N–H and O–H groups in total.